The van der Waals surface area contributed by atoms with Gasteiger partial charge in [-0.3, -0.25) is 0 Å². The topological polar surface area (TPSA) is 90.8 Å². The smallest absolute Gasteiger partial charge is 0.110 e. The summed E-state index contributed by atoms with van der Waals surface area (Å²) in [4.78, 5) is 20.3. The van der Waals surface area contributed by atoms with Crippen molar-refractivity contribution < 1.29 is 20.1 Å². The highest BCUT2D eigenvalue weighted by atomic mass is 31.2. The third-order valence-corrected chi connectivity index (χ3v) is 2.22. The van der Waals surface area contributed by atoms with Crippen molar-refractivity contribution in [1.29, 1.82) is 0 Å². The van der Waals surface area contributed by atoms with Crippen molar-refractivity contribution in [3.05, 3.63) is 0 Å². The van der Waals surface area contributed by atoms with Gasteiger partial charge >= 0.3 is 0 Å². The molecule has 9 heavy (non-hydrogen) atoms. The second kappa shape index (κ2) is 3.32. The average molecular weight is 152 g/mol. The van der Waals surface area contributed by atoms with Crippen molar-refractivity contribution in [2.24, 2.45) is 0 Å². The predicted octanol–water partition coefficient (Wildman–Crippen LogP) is -1.73. The molecule has 0 spiro atoms. The van der Waals surface area contributed by atoms with Gasteiger partial charge in [-0.15, -0.1) is 0 Å². The molecule has 0 saturated carbocycles. The largest absolute Gasteiger partial charge is 0.807 e. The summed E-state index contributed by atoms with van der Waals surface area (Å²) in [7, 11) is -4.38. The second-order valence-electron chi connectivity index (χ2n) is 1.98. The Hall–Kier alpha value is 0.110. The molecule has 0 amide bonds. The predicted molar refractivity (Wildman–Crippen MR) is 29.2 cm³/mol. The van der Waals surface area contributed by atoms with Crippen molar-refractivity contribution in [1.82, 2.24) is 0 Å². The minimum Gasteiger partial charge on any atom is -0.807 e. The Balaban J connectivity index is 3.74. The molecular weight excluding hydrogens is 141 g/mol. The van der Waals surface area contributed by atoms with Crippen LogP contribution < -0.4 is 15.5 Å². The Morgan fingerprint density at radius 3 is 2.22 bits per heavy atom. The van der Waals surface area contributed by atoms with Gasteiger partial charge in [-0.1, -0.05) is 13.3 Å². The van der Waals surface area contributed by atoms with Gasteiger partial charge in [-0.05, 0) is 7.60 Å². The zero-order chi connectivity index (χ0) is 7.49. The molecule has 56 valence electrons. The molecular formula is C4H11NO3P-. The molecule has 3 N–H and O–H groups in total. The molecule has 0 aromatic rings. The van der Waals surface area contributed by atoms with Crippen LogP contribution in [0.1, 0.15) is 19.8 Å². The minimum atomic E-state index is -4.38. The van der Waals surface area contributed by atoms with E-state index in [1.807, 2.05) is 6.92 Å². The summed E-state index contributed by atoms with van der Waals surface area (Å²) in [6.07, 6.45) is 1.05. The minimum absolute atomic E-state index is 0.365. The molecule has 4 nitrogen and oxygen atoms in total. The van der Waals surface area contributed by atoms with Gasteiger partial charge in [0.2, 0.25) is 0 Å². The van der Waals surface area contributed by atoms with Gasteiger partial charge in [0.15, 0.2) is 0 Å². The first kappa shape index (κ1) is 9.11. The Labute approximate surface area is 54.2 Å². The Kier molecular flexibility index (Phi) is 3.36. The fraction of sp³-hybridized carbons (Fsp3) is 1.00. The van der Waals surface area contributed by atoms with Crippen molar-refractivity contribution in [3.63, 3.8) is 0 Å². The maximum absolute atomic E-state index is 10.1. The lowest BCUT2D eigenvalue weighted by Gasteiger charge is -2.32. The standard InChI is InChI=1S/C4H12NO3P/c1-2-3-4(5)9(6,7)8/h4H,2-3,5H2,1H3,(H2,6,7,8)/p-1/t4-/m0/s1. The van der Waals surface area contributed by atoms with Crippen LogP contribution in [0.4, 0.5) is 0 Å². The number of hydrogen-bond donors (Lipinski definition) is 1. The molecule has 0 aliphatic rings. The average Bonchev–Trinajstić information content (AvgIpc) is 1.64. The van der Waals surface area contributed by atoms with E-state index < -0.39 is 13.4 Å². The number of hydrogen-bond acceptors (Lipinski definition) is 3. The quantitative estimate of drug-likeness (QED) is 0.487. The zero-order valence-corrected chi connectivity index (χ0v) is 6.27. The molecule has 0 unspecified atom stereocenters. The van der Waals surface area contributed by atoms with Gasteiger partial charge in [-0.25, -0.2) is 0 Å². The van der Waals surface area contributed by atoms with Gasteiger partial charge in [0.25, 0.3) is 0 Å². The van der Waals surface area contributed by atoms with E-state index in [-0.39, 0.29) is 0 Å². The van der Waals surface area contributed by atoms with Crippen molar-refractivity contribution in [2.45, 2.75) is 25.5 Å². The molecule has 0 rings (SSSR count). The van der Waals surface area contributed by atoms with E-state index in [0.717, 1.165) is 0 Å². The molecule has 1 atom stereocenters. The van der Waals surface area contributed by atoms with E-state index in [9.17, 15) is 14.4 Å². The first-order valence-corrected chi connectivity index (χ1v) is 4.44. The molecule has 0 saturated heterocycles. The van der Waals surface area contributed by atoms with Crippen LogP contribution in [0.2, 0.25) is 0 Å². The maximum atomic E-state index is 10.1. The van der Waals surface area contributed by atoms with E-state index in [1.54, 1.807) is 0 Å². The SMILES string of the molecule is CCC[C@@H]([NH3+])P(=O)([O-])[O-]. The molecule has 0 aromatic carbocycles. The maximum Gasteiger partial charge on any atom is 0.110 e. The number of rotatable bonds is 3. The van der Waals surface area contributed by atoms with Crippen LogP contribution in [-0.4, -0.2) is 5.78 Å². The Morgan fingerprint density at radius 1 is 1.67 bits per heavy atom. The highest BCUT2D eigenvalue weighted by Gasteiger charge is 2.07. The third kappa shape index (κ3) is 3.65. The van der Waals surface area contributed by atoms with E-state index in [2.05, 4.69) is 5.73 Å². The van der Waals surface area contributed by atoms with Crippen molar-refractivity contribution in [3.8, 4) is 0 Å². The van der Waals surface area contributed by atoms with Gasteiger partial charge in [0, 0.05) is 6.42 Å². The normalized spacial score (nSPS) is 15.6. The number of quaternary nitrogens is 1. The van der Waals surface area contributed by atoms with Gasteiger partial charge in [0.05, 0.1) is 0 Å². The lowest BCUT2D eigenvalue weighted by Crippen LogP contribution is -2.63. The monoisotopic (exact) mass is 152 g/mol. The summed E-state index contributed by atoms with van der Waals surface area (Å²) in [5.74, 6) is -0.942. The highest BCUT2D eigenvalue weighted by molar-refractivity contribution is 7.49. The van der Waals surface area contributed by atoms with Crippen LogP contribution in [0.15, 0.2) is 0 Å². The third-order valence-electron chi connectivity index (χ3n) is 1.07. The molecule has 0 aromatic heterocycles. The van der Waals surface area contributed by atoms with Crippen molar-refractivity contribution in [2.75, 3.05) is 0 Å². The Bertz CT molecular complexity index is 121. The fourth-order valence-corrected chi connectivity index (χ4v) is 1.07. The van der Waals surface area contributed by atoms with E-state index in [1.165, 1.54) is 0 Å². The second-order valence-corrected chi connectivity index (χ2v) is 3.79. The Morgan fingerprint density at radius 2 is 2.11 bits per heavy atom. The van der Waals surface area contributed by atoms with Crippen LogP contribution in [0.5, 0.6) is 0 Å². The molecule has 0 bridgehead atoms. The van der Waals surface area contributed by atoms with Crippen LogP contribution >= 0.6 is 7.60 Å². The fourth-order valence-electron chi connectivity index (χ4n) is 0.491. The van der Waals surface area contributed by atoms with Gasteiger partial charge in [-0.2, -0.15) is 0 Å². The zero-order valence-electron chi connectivity index (χ0n) is 5.37. The summed E-state index contributed by atoms with van der Waals surface area (Å²) in [5.41, 5.74) is 3.21. The van der Waals surface area contributed by atoms with E-state index >= 15 is 0 Å². The van der Waals surface area contributed by atoms with Crippen LogP contribution in [0, 0.1) is 0 Å². The van der Waals surface area contributed by atoms with E-state index in [4.69, 9.17) is 0 Å². The summed E-state index contributed by atoms with van der Waals surface area (Å²) in [6, 6.07) is 0. The summed E-state index contributed by atoms with van der Waals surface area (Å²) < 4.78 is 10.1. The summed E-state index contributed by atoms with van der Waals surface area (Å²) >= 11 is 0. The molecule has 0 radical (unpaired) electrons. The van der Waals surface area contributed by atoms with Crippen LogP contribution in [0.25, 0.3) is 0 Å². The highest BCUT2D eigenvalue weighted by Crippen LogP contribution is 2.28. The van der Waals surface area contributed by atoms with Gasteiger partial charge in [0.1, 0.15) is 5.78 Å². The van der Waals surface area contributed by atoms with E-state index in [0.29, 0.717) is 12.8 Å². The first-order chi connectivity index (χ1) is 3.98. The van der Waals surface area contributed by atoms with Gasteiger partial charge < -0.3 is 20.1 Å². The molecule has 0 aliphatic carbocycles. The van der Waals surface area contributed by atoms with Crippen molar-refractivity contribution >= 4 is 7.60 Å². The summed E-state index contributed by atoms with van der Waals surface area (Å²) in [5, 5.41) is 0. The van der Waals surface area contributed by atoms with Crippen LogP contribution in [-0.2, 0) is 4.57 Å². The molecule has 0 aliphatic heterocycles. The molecule has 5 heteroatoms. The lowest BCUT2D eigenvalue weighted by molar-refractivity contribution is -0.430. The molecule has 0 heterocycles. The summed E-state index contributed by atoms with van der Waals surface area (Å²) in [6.45, 7) is 1.81. The lowest BCUT2D eigenvalue weighted by atomic mass is 10.3. The van der Waals surface area contributed by atoms with Crippen LogP contribution in [0.3, 0.4) is 0 Å². The first-order valence-electron chi connectivity index (χ1n) is 2.83. The molecule has 0 fully saturated rings.